The minimum atomic E-state index is -0.554. The maximum Gasteiger partial charge on any atom is 0.331 e. The van der Waals surface area contributed by atoms with Crippen LogP contribution in [0.15, 0.2) is 54.6 Å². The van der Waals surface area contributed by atoms with Crippen LogP contribution in [0.2, 0.25) is 0 Å². The summed E-state index contributed by atoms with van der Waals surface area (Å²) in [6, 6.07) is 13.9. The number of esters is 3. The highest BCUT2D eigenvalue weighted by Crippen LogP contribution is 2.29. The molecule has 2 rings (SSSR count). The van der Waals surface area contributed by atoms with Crippen LogP contribution in [-0.2, 0) is 25.7 Å². The average molecular weight is 354 g/mol. The number of carbonyl (C=O) groups is 3. The summed E-state index contributed by atoms with van der Waals surface area (Å²) in [6.45, 7) is 2.66. The first kappa shape index (κ1) is 18.9. The molecule has 6 nitrogen and oxygen atoms in total. The highest BCUT2D eigenvalue weighted by atomic mass is 16.6. The summed E-state index contributed by atoms with van der Waals surface area (Å²) < 4.78 is 15.2. The first-order valence-corrected chi connectivity index (χ1v) is 7.83. The molecule has 0 atom stereocenters. The van der Waals surface area contributed by atoms with Crippen LogP contribution in [0.4, 0.5) is 0 Å². The molecule has 0 saturated carbocycles. The Kier molecular flexibility index (Phi) is 6.68. The molecule has 134 valence electrons. The molecule has 0 saturated heterocycles. The van der Waals surface area contributed by atoms with Crippen molar-refractivity contribution in [1.82, 2.24) is 0 Å². The molecule has 26 heavy (non-hydrogen) atoms. The molecule has 0 bridgehead atoms. The van der Waals surface area contributed by atoms with Crippen molar-refractivity contribution in [3.05, 3.63) is 65.7 Å². The van der Waals surface area contributed by atoms with Crippen molar-refractivity contribution < 1.29 is 28.6 Å². The zero-order chi connectivity index (χ0) is 18.9. The topological polar surface area (TPSA) is 78.9 Å². The van der Waals surface area contributed by atoms with Gasteiger partial charge in [-0.25, -0.2) is 4.79 Å². The minimum absolute atomic E-state index is 0.0903. The normalized spacial score (nSPS) is 10.4. The summed E-state index contributed by atoms with van der Waals surface area (Å²) in [6.07, 6.45) is 2.78. The van der Waals surface area contributed by atoms with Crippen molar-refractivity contribution in [2.45, 2.75) is 20.5 Å². The van der Waals surface area contributed by atoms with Gasteiger partial charge in [0.2, 0.25) is 0 Å². The monoisotopic (exact) mass is 354 g/mol. The summed E-state index contributed by atoms with van der Waals surface area (Å²) in [4.78, 5) is 34.1. The molecule has 0 aliphatic carbocycles. The Morgan fingerprint density at radius 1 is 0.885 bits per heavy atom. The Morgan fingerprint density at radius 2 is 1.54 bits per heavy atom. The van der Waals surface area contributed by atoms with E-state index >= 15 is 0 Å². The second kappa shape index (κ2) is 9.17. The number of ether oxygens (including phenoxy) is 3. The molecule has 0 unspecified atom stereocenters. The van der Waals surface area contributed by atoms with Gasteiger partial charge in [0.15, 0.2) is 11.5 Å². The Hall–Kier alpha value is -3.41. The lowest BCUT2D eigenvalue weighted by molar-refractivity contribution is -0.139. The molecular weight excluding hydrogens is 336 g/mol. The Bertz CT molecular complexity index is 823. The van der Waals surface area contributed by atoms with Crippen LogP contribution < -0.4 is 9.47 Å². The van der Waals surface area contributed by atoms with E-state index in [9.17, 15) is 14.4 Å². The molecule has 2 aromatic carbocycles. The van der Waals surface area contributed by atoms with E-state index in [4.69, 9.17) is 14.2 Å². The Labute approximate surface area is 151 Å². The van der Waals surface area contributed by atoms with Gasteiger partial charge in [-0.2, -0.15) is 0 Å². The second-order valence-corrected chi connectivity index (χ2v) is 5.32. The fourth-order valence-electron chi connectivity index (χ4n) is 2.04. The zero-order valence-electron chi connectivity index (χ0n) is 14.4. The van der Waals surface area contributed by atoms with E-state index in [1.54, 1.807) is 6.07 Å². The number of hydrogen-bond donors (Lipinski definition) is 0. The summed E-state index contributed by atoms with van der Waals surface area (Å²) in [5.74, 6) is -1.39. The standard InChI is InChI=1S/C20H18O6/c1-14(21)25-18-10-8-16(12-19(18)26-15(2)22)9-11-20(23)24-13-17-6-4-3-5-7-17/h3-12H,13H2,1-2H3/b11-9+. The van der Waals surface area contributed by atoms with Gasteiger partial charge in [-0.1, -0.05) is 36.4 Å². The molecule has 0 fully saturated rings. The summed E-state index contributed by atoms with van der Waals surface area (Å²) >= 11 is 0. The van der Waals surface area contributed by atoms with E-state index in [-0.39, 0.29) is 18.1 Å². The van der Waals surface area contributed by atoms with Crippen molar-refractivity contribution in [1.29, 1.82) is 0 Å². The third-order valence-corrected chi connectivity index (χ3v) is 3.11. The maximum absolute atomic E-state index is 11.8. The predicted octanol–water partition coefficient (Wildman–Crippen LogP) is 3.29. The van der Waals surface area contributed by atoms with Gasteiger partial charge in [0.05, 0.1) is 0 Å². The summed E-state index contributed by atoms with van der Waals surface area (Å²) in [7, 11) is 0. The Balaban J connectivity index is 2.05. The van der Waals surface area contributed by atoms with E-state index in [1.165, 1.54) is 38.1 Å². The zero-order valence-corrected chi connectivity index (χ0v) is 14.4. The number of hydrogen-bond acceptors (Lipinski definition) is 6. The molecule has 0 spiro atoms. The highest BCUT2D eigenvalue weighted by Gasteiger charge is 2.10. The first-order valence-electron chi connectivity index (χ1n) is 7.83. The van der Waals surface area contributed by atoms with Gasteiger partial charge < -0.3 is 14.2 Å². The van der Waals surface area contributed by atoms with Crippen molar-refractivity contribution in [3.63, 3.8) is 0 Å². The van der Waals surface area contributed by atoms with Crippen LogP contribution in [0, 0.1) is 0 Å². The first-order chi connectivity index (χ1) is 12.4. The lowest BCUT2D eigenvalue weighted by Crippen LogP contribution is -2.07. The van der Waals surface area contributed by atoms with Gasteiger partial charge in [0.25, 0.3) is 0 Å². The number of carbonyl (C=O) groups excluding carboxylic acids is 3. The predicted molar refractivity (Wildman–Crippen MR) is 94.3 cm³/mol. The number of benzene rings is 2. The summed E-state index contributed by atoms with van der Waals surface area (Å²) in [5.41, 5.74) is 1.46. The summed E-state index contributed by atoms with van der Waals surface area (Å²) in [5, 5.41) is 0. The highest BCUT2D eigenvalue weighted by molar-refractivity contribution is 5.87. The maximum atomic E-state index is 11.8. The lowest BCUT2D eigenvalue weighted by atomic mass is 10.2. The molecule has 0 heterocycles. The molecular formula is C20H18O6. The molecule has 0 aliphatic heterocycles. The molecule has 0 N–H and O–H groups in total. The fourth-order valence-corrected chi connectivity index (χ4v) is 2.04. The largest absolute Gasteiger partial charge is 0.458 e. The van der Waals surface area contributed by atoms with Crippen LogP contribution in [0.3, 0.4) is 0 Å². The molecule has 0 radical (unpaired) electrons. The smallest absolute Gasteiger partial charge is 0.331 e. The number of rotatable bonds is 6. The SMILES string of the molecule is CC(=O)Oc1ccc(/C=C/C(=O)OCc2ccccc2)cc1OC(C)=O. The van der Waals surface area contributed by atoms with Gasteiger partial charge in [0.1, 0.15) is 6.61 Å². The molecule has 0 amide bonds. The van der Waals surface area contributed by atoms with E-state index < -0.39 is 17.9 Å². The van der Waals surface area contributed by atoms with Crippen molar-refractivity contribution >= 4 is 24.0 Å². The Morgan fingerprint density at radius 3 is 2.19 bits per heavy atom. The van der Waals surface area contributed by atoms with Crippen LogP contribution in [-0.4, -0.2) is 17.9 Å². The van der Waals surface area contributed by atoms with Crippen molar-refractivity contribution in [2.24, 2.45) is 0 Å². The third kappa shape index (κ3) is 6.24. The van der Waals surface area contributed by atoms with E-state index in [0.29, 0.717) is 5.56 Å². The van der Waals surface area contributed by atoms with Gasteiger partial charge in [-0.15, -0.1) is 0 Å². The lowest BCUT2D eigenvalue weighted by Gasteiger charge is -2.09. The molecule has 0 aromatic heterocycles. The van der Waals surface area contributed by atoms with Crippen LogP contribution in [0.5, 0.6) is 11.5 Å². The van der Waals surface area contributed by atoms with Gasteiger partial charge in [-0.3, -0.25) is 9.59 Å². The second-order valence-electron chi connectivity index (χ2n) is 5.32. The van der Waals surface area contributed by atoms with Crippen LogP contribution in [0.25, 0.3) is 6.08 Å². The molecule has 2 aromatic rings. The van der Waals surface area contributed by atoms with Crippen molar-refractivity contribution in [3.8, 4) is 11.5 Å². The molecule has 6 heteroatoms. The van der Waals surface area contributed by atoms with Gasteiger partial charge in [0, 0.05) is 19.9 Å². The van der Waals surface area contributed by atoms with Crippen LogP contribution >= 0.6 is 0 Å². The van der Waals surface area contributed by atoms with E-state index in [1.807, 2.05) is 30.3 Å². The average Bonchev–Trinajstić information content (AvgIpc) is 2.60. The fraction of sp³-hybridized carbons (Fsp3) is 0.150. The van der Waals surface area contributed by atoms with E-state index in [0.717, 1.165) is 5.56 Å². The third-order valence-electron chi connectivity index (χ3n) is 3.11. The van der Waals surface area contributed by atoms with Crippen molar-refractivity contribution in [2.75, 3.05) is 0 Å². The quantitative estimate of drug-likeness (QED) is 0.450. The molecule has 0 aliphatic rings. The van der Waals surface area contributed by atoms with E-state index in [2.05, 4.69) is 0 Å². The van der Waals surface area contributed by atoms with Gasteiger partial charge >= 0.3 is 17.9 Å². The van der Waals surface area contributed by atoms with Gasteiger partial charge in [-0.05, 0) is 29.3 Å². The minimum Gasteiger partial charge on any atom is -0.458 e. The van der Waals surface area contributed by atoms with Crippen LogP contribution in [0.1, 0.15) is 25.0 Å².